The van der Waals surface area contributed by atoms with E-state index in [0.29, 0.717) is 11.1 Å². The van der Waals surface area contributed by atoms with Gasteiger partial charge < -0.3 is 10.2 Å². The molecule has 0 aliphatic rings. The van der Waals surface area contributed by atoms with Gasteiger partial charge in [0.25, 0.3) is 10.0 Å². The lowest BCUT2D eigenvalue weighted by Crippen LogP contribution is -2.12. The summed E-state index contributed by atoms with van der Waals surface area (Å²) in [6, 6.07) is 17.8. The molecule has 3 N–H and O–H groups in total. The second-order valence-electron chi connectivity index (χ2n) is 5.97. The van der Waals surface area contributed by atoms with Gasteiger partial charge in [-0.1, -0.05) is 24.3 Å². The summed E-state index contributed by atoms with van der Waals surface area (Å²) in [5, 5.41) is 18.9. The molecule has 0 radical (unpaired) electrons. The minimum atomic E-state index is -3.85. The first kappa shape index (κ1) is 19.2. The SMILES string of the molecule is O=C(C=Cc1cccc(O)c1)c1ccc(NS(=O)(=O)c2cccc(O)c2)cc1. The fourth-order valence-electron chi connectivity index (χ4n) is 2.46. The number of nitrogens with one attached hydrogen (secondary N) is 1. The number of ketones is 1. The number of aromatic hydroxyl groups is 2. The summed E-state index contributed by atoms with van der Waals surface area (Å²) in [6.07, 6.45) is 2.96. The number of sulfonamides is 1. The lowest BCUT2D eigenvalue weighted by molar-refractivity contribution is 0.104. The molecule has 0 saturated carbocycles. The summed E-state index contributed by atoms with van der Waals surface area (Å²) in [5.74, 6) is -0.300. The quantitative estimate of drug-likeness (QED) is 0.435. The number of phenolic OH excluding ortho intramolecular Hbond substituents is 2. The molecule has 0 amide bonds. The van der Waals surface area contributed by atoms with Crippen molar-refractivity contribution in [2.75, 3.05) is 4.72 Å². The van der Waals surface area contributed by atoms with Crippen molar-refractivity contribution in [2.45, 2.75) is 4.90 Å². The highest BCUT2D eigenvalue weighted by molar-refractivity contribution is 7.92. The van der Waals surface area contributed by atoms with Gasteiger partial charge in [0.15, 0.2) is 5.78 Å². The van der Waals surface area contributed by atoms with E-state index in [1.54, 1.807) is 18.2 Å². The van der Waals surface area contributed by atoms with Crippen molar-refractivity contribution in [1.82, 2.24) is 0 Å². The van der Waals surface area contributed by atoms with Crippen molar-refractivity contribution in [1.29, 1.82) is 0 Å². The minimum absolute atomic E-state index is 0.0679. The zero-order valence-electron chi connectivity index (χ0n) is 14.6. The normalized spacial score (nSPS) is 11.4. The van der Waals surface area contributed by atoms with Crippen LogP contribution >= 0.6 is 0 Å². The van der Waals surface area contributed by atoms with Crippen LogP contribution in [0.3, 0.4) is 0 Å². The Labute approximate surface area is 162 Å². The van der Waals surface area contributed by atoms with Crippen molar-refractivity contribution in [3.63, 3.8) is 0 Å². The lowest BCUT2D eigenvalue weighted by atomic mass is 10.1. The van der Waals surface area contributed by atoms with E-state index in [1.165, 1.54) is 60.7 Å². The third-order valence-electron chi connectivity index (χ3n) is 3.85. The minimum Gasteiger partial charge on any atom is -0.508 e. The summed E-state index contributed by atoms with van der Waals surface area (Å²) in [4.78, 5) is 12.2. The first-order valence-corrected chi connectivity index (χ1v) is 9.75. The molecule has 0 aliphatic heterocycles. The van der Waals surface area contributed by atoms with Crippen LogP contribution in [-0.2, 0) is 10.0 Å². The summed E-state index contributed by atoms with van der Waals surface area (Å²) in [7, 11) is -3.85. The van der Waals surface area contributed by atoms with Gasteiger partial charge in [-0.2, -0.15) is 0 Å². The second-order valence-corrected chi connectivity index (χ2v) is 7.66. The molecular weight excluding hydrogens is 378 g/mol. The Bertz CT molecular complexity index is 1140. The highest BCUT2D eigenvalue weighted by Crippen LogP contribution is 2.20. The van der Waals surface area contributed by atoms with E-state index < -0.39 is 10.0 Å². The number of carbonyl (C=O) groups excluding carboxylic acids is 1. The predicted octanol–water partition coefficient (Wildman–Crippen LogP) is 3.79. The number of carbonyl (C=O) groups is 1. The monoisotopic (exact) mass is 395 g/mol. The fourth-order valence-corrected chi connectivity index (χ4v) is 3.56. The van der Waals surface area contributed by atoms with Crippen LogP contribution in [0.2, 0.25) is 0 Å². The number of rotatable bonds is 6. The van der Waals surface area contributed by atoms with Crippen LogP contribution in [0.1, 0.15) is 15.9 Å². The van der Waals surface area contributed by atoms with Crippen molar-refractivity contribution in [3.05, 3.63) is 90.0 Å². The number of hydrogen-bond acceptors (Lipinski definition) is 5. The number of hydrogen-bond donors (Lipinski definition) is 3. The number of benzene rings is 3. The molecule has 142 valence electrons. The lowest BCUT2D eigenvalue weighted by Gasteiger charge is -2.08. The van der Waals surface area contributed by atoms with E-state index in [-0.39, 0.29) is 27.9 Å². The molecule has 0 bridgehead atoms. The molecule has 0 atom stereocenters. The maximum absolute atomic E-state index is 12.3. The van der Waals surface area contributed by atoms with Gasteiger partial charge in [0.1, 0.15) is 11.5 Å². The van der Waals surface area contributed by atoms with E-state index in [9.17, 15) is 23.4 Å². The Kier molecular flexibility index (Phi) is 5.47. The standard InChI is InChI=1S/C21H17NO5S/c23-18-4-1-3-15(13-18)7-12-21(25)16-8-10-17(11-9-16)22-28(26,27)20-6-2-5-19(24)14-20/h1-14,22-24H. The van der Waals surface area contributed by atoms with Crippen LogP contribution in [0.5, 0.6) is 11.5 Å². The Balaban J connectivity index is 1.71. The molecule has 3 aromatic rings. The Morgan fingerprint density at radius 1 is 0.857 bits per heavy atom. The first-order chi connectivity index (χ1) is 13.3. The maximum Gasteiger partial charge on any atom is 0.262 e. The summed E-state index contributed by atoms with van der Waals surface area (Å²) in [5.41, 5.74) is 1.36. The van der Waals surface area contributed by atoms with Crippen LogP contribution in [0, 0.1) is 0 Å². The van der Waals surface area contributed by atoms with Gasteiger partial charge >= 0.3 is 0 Å². The van der Waals surface area contributed by atoms with Gasteiger partial charge in [-0.15, -0.1) is 0 Å². The van der Waals surface area contributed by atoms with Gasteiger partial charge in [0.05, 0.1) is 4.90 Å². The van der Waals surface area contributed by atoms with E-state index in [4.69, 9.17) is 0 Å². The van der Waals surface area contributed by atoms with Crippen molar-refractivity contribution in [3.8, 4) is 11.5 Å². The maximum atomic E-state index is 12.3. The second kappa shape index (κ2) is 7.98. The Morgan fingerprint density at radius 2 is 1.50 bits per heavy atom. The average Bonchev–Trinajstić information content (AvgIpc) is 2.66. The van der Waals surface area contributed by atoms with Gasteiger partial charge in [-0.3, -0.25) is 9.52 Å². The van der Waals surface area contributed by atoms with Gasteiger partial charge in [-0.25, -0.2) is 8.42 Å². The van der Waals surface area contributed by atoms with E-state index >= 15 is 0 Å². The number of phenols is 2. The molecule has 28 heavy (non-hydrogen) atoms. The van der Waals surface area contributed by atoms with E-state index in [0.717, 1.165) is 6.07 Å². The molecule has 0 spiro atoms. The van der Waals surface area contributed by atoms with Crippen molar-refractivity contribution >= 4 is 27.6 Å². The molecule has 0 aromatic heterocycles. The highest BCUT2D eigenvalue weighted by atomic mass is 32.2. The topological polar surface area (TPSA) is 104 Å². The molecule has 7 heteroatoms. The molecule has 3 aromatic carbocycles. The predicted molar refractivity (Wildman–Crippen MR) is 107 cm³/mol. The molecule has 3 rings (SSSR count). The third kappa shape index (κ3) is 4.77. The van der Waals surface area contributed by atoms with Crippen molar-refractivity contribution in [2.24, 2.45) is 0 Å². The zero-order valence-corrected chi connectivity index (χ0v) is 15.4. The molecule has 6 nitrogen and oxygen atoms in total. The first-order valence-electron chi connectivity index (χ1n) is 8.27. The summed E-state index contributed by atoms with van der Waals surface area (Å²) in [6.45, 7) is 0. The largest absolute Gasteiger partial charge is 0.508 e. The highest BCUT2D eigenvalue weighted by Gasteiger charge is 2.14. The zero-order chi connectivity index (χ0) is 20.1. The van der Waals surface area contributed by atoms with Crippen LogP contribution in [0.15, 0.2) is 83.8 Å². The van der Waals surface area contributed by atoms with Crippen molar-refractivity contribution < 1.29 is 23.4 Å². The fraction of sp³-hybridized carbons (Fsp3) is 0. The average molecular weight is 395 g/mol. The molecule has 0 unspecified atom stereocenters. The van der Waals surface area contributed by atoms with Gasteiger partial charge in [-0.05, 0) is 60.2 Å². The molecule has 0 saturated heterocycles. The Hall–Kier alpha value is -3.58. The Morgan fingerprint density at radius 3 is 2.14 bits per heavy atom. The molecule has 0 aliphatic carbocycles. The molecular formula is C21H17NO5S. The van der Waals surface area contributed by atoms with Gasteiger partial charge in [0.2, 0.25) is 0 Å². The number of anilines is 1. The van der Waals surface area contributed by atoms with Crippen LogP contribution < -0.4 is 4.72 Å². The van der Waals surface area contributed by atoms with E-state index in [2.05, 4.69) is 4.72 Å². The van der Waals surface area contributed by atoms with Crippen LogP contribution in [0.25, 0.3) is 6.08 Å². The summed E-state index contributed by atoms with van der Waals surface area (Å²) >= 11 is 0. The van der Waals surface area contributed by atoms with Crippen LogP contribution in [-0.4, -0.2) is 24.4 Å². The summed E-state index contributed by atoms with van der Waals surface area (Å²) < 4.78 is 27.1. The molecule has 0 heterocycles. The smallest absolute Gasteiger partial charge is 0.262 e. The van der Waals surface area contributed by atoms with Gasteiger partial charge in [0, 0.05) is 17.3 Å². The molecule has 0 fully saturated rings. The number of allylic oxidation sites excluding steroid dienone is 1. The third-order valence-corrected chi connectivity index (χ3v) is 5.23. The van der Waals surface area contributed by atoms with Crippen LogP contribution in [0.4, 0.5) is 5.69 Å². The van der Waals surface area contributed by atoms with E-state index in [1.807, 2.05) is 0 Å².